The number of nitrogens with one attached hydrogen (secondary N) is 1. The molecule has 2 N–H and O–H groups in total. The molecule has 0 aliphatic rings. The number of tetrazole rings is 1. The number of hydrogen-bond donors (Lipinski definition) is 2. The van der Waals surface area contributed by atoms with Crippen LogP contribution >= 0.6 is 0 Å². The Morgan fingerprint density at radius 3 is 2.48 bits per heavy atom. The highest BCUT2D eigenvalue weighted by Crippen LogP contribution is 2.27. The SMILES string of the molecule is Cc1cc(-c2cccc(CO)c2)cc(C)c1/C=C/c1cncc(-c2nn[nH]n2)c1. The molecular formula is C23H21N5O. The van der Waals surface area contributed by atoms with Gasteiger partial charge >= 0.3 is 0 Å². The van der Waals surface area contributed by atoms with E-state index in [1.807, 2.05) is 30.3 Å². The predicted molar refractivity (Wildman–Crippen MR) is 114 cm³/mol. The summed E-state index contributed by atoms with van der Waals surface area (Å²) in [5, 5.41) is 23.4. The van der Waals surface area contributed by atoms with Gasteiger partial charge in [0.1, 0.15) is 0 Å². The minimum atomic E-state index is 0.0452. The van der Waals surface area contributed by atoms with E-state index in [2.05, 4.69) is 63.7 Å². The van der Waals surface area contributed by atoms with Crippen LogP contribution in [0.4, 0.5) is 0 Å². The molecule has 0 saturated carbocycles. The summed E-state index contributed by atoms with van der Waals surface area (Å²) in [6.07, 6.45) is 7.67. The zero-order chi connectivity index (χ0) is 20.2. The Morgan fingerprint density at radius 2 is 1.76 bits per heavy atom. The van der Waals surface area contributed by atoms with Gasteiger partial charge in [0.15, 0.2) is 0 Å². The standard InChI is InChI=1S/C23H21N5O/c1-15-8-20(19-5-3-4-18(11-19)14-29)9-16(2)22(15)7-6-17-10-21(13-24-12-17)23-25-27-28-26-23/h3-13,29H,14H2,1-2H3,(H,25,26,27,28)/b7-6+. The van der Waals surface area contributed by atoms with Gasteiger partial charge in [-0.3, -0.25) is 4.98 Å². The fourth-order valence-corrected chi connectivity index (χ4v) is 3.39. The van der Waals surface area contributed by atoms with E-state index in [-0.39, 0.29) is 6.61 Å². The summed E-state index contributed by atoms with van der Waals surface area (Å²) in [6.45, 7) is 4.27. The van der Waals surface area contributed by atoms with Gasteiger partial charge in [-0.2, -0.15) is 5.21 Å². The van der Waals surface area contributed by atoms with Crippen molar-refractivity contribution < 1.29 is 5.11 Å². The van der Waals surface area contributed by atoms with Crippen LogP contribution in [0.5, 0.6) is 0 Å². The highest BCUT2D eigenvalue weighted by Gasteiger charge is 2.07. The van der Waals surface area contributed by atoms with Gasteiger partial charge in [0.05, 0.1) is 6.61 Å². The largest absolute Gasteiger partial charge is 0.392 e. The lowest BCUT2D eigenvalue weighted by molar-refractivity contribution is 0.282. The van der Waals surface area contributed by atoms with Gasteiger partial charge in [-0.25, -0.2) is 0 Å². The van der Waals surface area contributed by atoms with Gasteiger partial charge in [-0.1, -0.05) is 42.5 Å². The lowest BCUT2D eigenvalue weighted by Gasteiger charge is -2.11. The molecule has 4 aromatic rings. The van der Waals surface area contributed by atoms with Crippen LogP contribution in [0.2, 0.25) is 0 Å². The van der Waals surface area contributed by atoms with Crippen LogP contribution in [0.25, 0.3) is 34.7 Å². The zero-order valence-corrected chi connectivity index (χ0v) is 16.3. The summed E-state index contributed by atoms with van der Waals surface area (Å²) in [7, 11) is 0. The molecule has 144 valence electrons. The molecule has 6 heteroatoms. The van der Waals surface area contributed by atoms with Gasteiger partial charge in [-0.15, -0.1) is 10.2 Å². The van der Waals surface area contributed by atoms with E-state index < -0.39 is 0 Å². The molecule has 0 unspecified atom stereocenters. The molecule has 29 heavy (non-hydrogen) atoms. The molecule has 2 aromatic carbocycles. The van der Waals surface area contributed by atoms with Crippen LogP contribution in [-0.2, 0) is 6.61 Å². The van der Waals surface area contributed by atoms with E-state index in [1.165, 1.54) is 16.7 Å². The molecule has 0 saturated heterocycles. The molecule has 0 atom stereocenters. The Kier molecular flexibility index (Phi) is 5.27. The summed E-state index contributed by atoms with van der Waals surface area (Å²) >= 11 is 0. The number of nitrogens with zero attached hydrogens (tertiary/aromatic N) is 4. The second kappa shape index (κ2) is 8.16. The first kappa shape index (κ1) is 18.7. The number of aromatic amines is 1. The van der Waals surface area contributed by atoms with Gasteiger partial charge in [0, 0.05) is 18.0 Å². The minimum absolute atomic E-state index is 0.0452. The lowest BCUT2D eigenvalue weighted by atomic mass is 9.94. The maximum atomic E-state index is 9.39. The number of hydrogen-bond acceptors (Lipinski definition) is 5. The Bertz CT molecular complexity index is 1140. The summed E-state index contributed by atoms with van der Waals surface area (Å²) in [4.78, 5) is 4.27. The van der Waals surface area contributed by atoms with Crippen molar-refractivity contribution in [1.29, 1.82) is 0 Å². The van der Waals surface area contributed by atoms with Gasteiger partial charge in [0.25, 0.3) is 0 Å². The van der Waals surface area contributed by atoms with Crippen molar-refractivity contribution in [3.63, 3.8) is 0 Å². The van der Waals surface area contributed by atoms with Crippen LogP contribution in [0.15, 0.2) is 54.9 Å². The number of rotatable bonds is 5. The predicted octanol–water partition coefficient (Wildman–Crippen LogP) is 4.21. The maximum absolute atomic E-state index is 9.39. The Labute approximate surface area is 169 Å². The highest BCUT2D eigenvalue weighted by atomic mass is 16.3. The average Bonchev–Trinajstić information content (AvgIpc) is 3.28. The number of benzene rings is 2. The first-order chi connectivity index (χ1) is 14.1. The number of aryl methyl sites for hydroxylation is 2. The number of aromatic nitrogens is 5. The minimum Gasteiger partial charge on any atom is -0.392 e. The van der Waals surface area contributed by atoms with Crippen molar-refractivity contribution in [3.8, 4) is 22.5 Å². The molecule has 0 aliphatic carbocycles. The lowest BCUT2D eigenvalue weighted by Crippen LogP contribution is -1.91. The van der Waals surface area contributed by atoms with Crippen LogP contribution in [0.1, 0.15) is 27.8 Å². The second-order valence-electron chi connectivity index (χ2n) is 6.96. The number of pyridine rings is 1. The summed E-state index contributed by atoms with van der Waals surface area (Å²) in [6, 6.07) is 14.3. The first-order valence-electron chi connectivity index (χ1n) is 9.32. The third kappa shape index (κ3) is 4.12. The first-order valence-corrected chi connectivity index (χ1v) is 9.32. The third-order valence-electron chi connectivity index (χ3n) is 4.84. The van der Waals surface area contributed by atoms with Crippen LogP contribution in [0.3, 0.4) is 0 Å². The molecule has 0 spiro atoms. The normalized spacial score (nSPS) is 11.3. The van der Waals surface area contributed by atoms with Gasteiger partial charge in [-0.05, 0) is 70.1 Å². The topological polar surface area (TPSA) is 87.6 Å². The number of H-pyrrole nitrogens is 1. The Balaban J connectivity index is 1.63. The summed E-state index contributed by atoms with van der Waals surface area (Å²) in [5.74, 6) is 0.523. The fourth-order valence-electron chi connectivity index (χ4n) is 3.39. The second-order valence-corrected chi connectivity index (χ2v) is 6.96. The Hall–Kier alpha value is -3.64. The van der Waals surface area contributed by atoms with Crippen molar-refractivity contribution in [2.24, 2.45) is 0 Å². The van der Waals surface area contributed by atoms with Gasteiger partial charge in [0.2, 0.25) is 5.82 Å². The van der Waals surface area contributed by atoms with E-state index >= 15 is 0 Å². The molecule has 0 fully saturated rings. The molecule has 0 bridgehead atoms. The number of aliphatic hydroxyl groups is 1. The highest BCUT2D eigenvalue weighted by molar-refractivity contribution is 5.77. The Morgan fingerprint density at radius 1 is 0.931 bits per heavy atom. The average molecular weight is 383 g/mol. The quantitative estimate of drug-likeness (QED) is 0.539. The maximum Gasteiger partial charge on any atom is 0.206 e. The van der Waals surface area contributed by atoms with Gasteiger partial charge < -0.3 is 5.11 Å². The van der Waals surface area contributed by atoms with E-state index in [0.29, 0.717) is 5.82 Å². The third-order valence-corrected chi connectivity index (χ3v) is 4.84. The molecule has 0 amide bonds. The summed E-state index contributed by atoms with van der Waals surface area (Å²) in [5.41, 5.74) is 8.50. The molecule has 4 rings (SSSR count). The van der Waals surface area contributed by atoms with Crippen molar-refractivity contribution >= 4 is 12.2 Å². The smallest absolute Gasteiger partial charge is 0.206 e. The molecule has 6 nitrogen and oxygen atoms in total. The van der Waals surface area contributed by atoms with Crippen molar-refractivity contribution in [2.75, 3.05) is 0 Å². The number of aliphatic hydroxyl groups excluding tert-OH is 1. The monoisotopic (exact) mass is 383 g/mol. The van der Waals surface area contributed by atoms with E-state index in [9.17, 15) is 5.11 Å². The van der Waals surface area contributed by atoms with Crippen molar-refractivity contribution in [2.45, 2.75) is 20.5 Å². The van der Waals surface area contributed by atoms with Crippen LogP contribution in [0, 0.1) is 13.8 Å². The van der Waals surface area contributed by atoms with Crippen molar-refractivity contribution in [1.82, 2.24) is 25.6 Å². The molecule has 0 aliphatic heterocycles. The van der Waals surface area contributed by atoms with E-state index in [1.54, 1.807) is 12.4 Å². The molecule has 2 heterocycles. The molecular weight excluding hydrogens is 362 g/mol. The zero-order valence-electron chi connectivity index (χ0n) is 16.3. The fraction of sp³-hybridized carbons (Fsp3) is 0.130. The van der Waals surface area contributed by atoms with Crippen molar-refractivity contribution in [3.05, 3.63) is 82.7 Å². The van der Waals surface area contributed by atoms with Crippen LogP contribution in [-0.4, -0.2) is 30.7 Å². The van der Waals surface area contributed by atoms with E-state index in [4.69, 9.17) is 0 Å². The van der Waals surface area contributed by atoms with Crippen LogP contribution < -0.4 is 0 Å². The molecule has 0 radical (unpaired) electrons. The molecule has 2 aromatic heterocycles. The summed E-state index contributed by atoms with van der Waals surface area (Å²) < 4.78 is 0. The van der Waals surface area contributed by atoms with E-state index in [0.717, 1.165) is 27.8 Å².